The van der Waals surface area contributed by atoms with Gasteiger partial charge in [-0.05, 0) is 318 Å². The van der Waals surface area contributed by atoms with E-state index in [4.69, 9.17) is 178 Å². The zero-order valence-electron chi connectivity index (χ0n) is 26.6. The van der Waals surface area contributed by atoms with E-state index in [1.165, 1.54) is 0 Å². The Morgan fingerprint density at radius 2 is 0.340 bits per heavy atom. The molecule has 47 heavy (non-hydrogen) atoms. The largest absolute Gasteiger partial charge is 0.158 e. The summed E-state index contributed by atoms with van der Waals surface area (Å²) in [6, 6.07) is 0. The van der Waals surface area contributed by atoms with Crippen molar-refractivity contribution >= 4 is 333 Å². The molecule has 0 atom stereocenters. The average Bonchev–Trinajstić information content (AvgIpc) is 2.86. The Kier molecular flexibility index (Phi) is 24.6. The molecule has 0 heterocycles. The number of hydrogen-bond acceptors (Lipinski definition) is 0. The topological polar surface area (TPSA) is 0 Å². The zero-order chi connectivity index (χ0) is 37.4. The van der Waals surface area contributed by atoms with Gasteiger partial charge in [0.05, 0.1) is 0 Å². The van der Waals surface area contributed by atoms with E-state index in [0.717, 1.165) is 0 Å². The molecule has 145 valence electrons. The Morgan fingerprint density at radius 3 is 0.468 bits per heavy atom. The van der Waals surface area contributed by atoms with Gasteiger partial charge in [0.15, 0.2) is 0 Å². The zero-order valence-corrected chi connectivity index (χ0v) is 26.6. The molecule has 0 saturated heterocycles. The summed E-state index contributed by atoms with van der Waals surface area (Å²) in [5.74, 6) is 0. The van der Waals surface area contributed by atoms with E-state index in [0.29, 0.717) is 0 Å². The molecule has 47 heteroatoms. The number of rotatable bonds is 22. The van der Waals surface area contributed by atoms with Crippen LogP contribution in [0.1, 0.15) is 0 Å². The normalized spacial score (nSPS) is 9.64. The summed E-state index contributed by atoms with van der Waals surface area (Å²) < 4.78 is 0. The second-order valence-corrected chi connectivity index (χ2v) is 12.7. The highest BCUT2D eigenvalue weighted by molar-refractivity contribution is 8.34. The molecule has 0 N–H and O–H groups in total. The van der Waals surface area contributed by atoms with Gasteiger partial charge >= 0.3 is 0 Å². The van der Waals surface area contributed by atoms with Gasteiger partial charge in [-0.15, -0.1) is 0 Å². The van der Waals surface area contributed by atoms with Crippen LogP contribution in [0.4, 0.5) is 0 Å². The Hall–Kier alpha value is 3.05. The number of hydrogen-bond donors (Lipinski definition) is 0. The van der Waals surface area contributed by atoms with Crippen LogP contribution in [0.5, 0.6) is 0 Å². The molecule has 0 unspecified atom stereocenters. The van der Waals surface area contributed by atoms with Gasteiger partial charge in [-0.2, -0.15) is 7.06 Å². The molecule has 0 aromatic carbocycles. The van der Waals surface area contributed by atoms with Crippen LogP contribution in [-0.2, 0) is 0 Å². The molecule has 0 saturated carbocycles. The van der Waals surface area contributed by atoms with E-state index in [1.807, 2.05) is 7.06 Å². The Bertz CT molecular complexity index is 667. The summed E-state index contributed by atoms with van der Waals surface area (Å²) in [7, 11) is 150. The molecule has 0 fully saturated rings. The fourth-order valence-corrected chi connectivity index (χ4v) is 7.70. The monoisotopic (exact) mass is 520 g/mol. The van der Waals surface area contributed by atoms with Crippen molar-refractivity contribution in [2.75, 3.05) is 0 Å². The second kappa shape index (κ2) is 23.1. The molecule has 0 aliphatic rings. The molecule has 0 aliphatic carbocycles. The van der Waals surface area contributed by atoms with Crippen LogP contribution >= 0.6 is 0 Å². The van der Waals surface area contributed by atoms with E-state index in [2.05, 4.69) is 0 Å². The molecular formula is H3B47-. The lowest BCUT2D eigenvalue weighted by atomic mass is 8.25. The van der Waals surface area contributed by atoms with Crippen molar-refractivity contribution in [3.05, 3.63) is 0 Å². The lowest BCUT2D eigenvalue weighted by Gasteiger charge is -2.56. The van der Waals surface area contributed by atoms with Crippen molar-refractivity contribution in [2.24, 2.45) is 0 Å². The Balaban J connectivity index is 9.21. The molecule has 47 radical (unpaired) electrons. The lowest BCUT2D eigenvalue weighted by molar-refractivity contribution is 3.19. The maximum Gasteiger partial charge on any atom is -0.0000000000000000739 e. The smallest absolute Gasteiger partial charge is 0.0000000000000000739 e. The highest BCUT2D eigenvalue weighted by Crippen LogP contribution is 2.21. The van der Waals surface area contributed by atoms with Crippen LogP contribution in [0, 0.1) is 0 Å². The summed E-state index contributed by atoms with van der Waals surface area (Å²) in [6.07, 6.45) is -25.3. The predicted molar refractivity (Wildman–Crippen MR) is 275 cm³/mol. The average molecular weight is 511 g/mol. The standard InChI is InChI=1S/B47H3/c1-25-37(24)43(36(22)23)46(42(34(18)19)35(20)21)47(44(38(26(2)3)27(4)5)39(28(6)7)29(8)9)45(40(30(10)11)31(12)13)41(32(14)15)33(16)17/h1H3/q-1. The van der Waals surface area contributed by atoms with Gasteiger partial charge in [0.1, 0.15) is 0 Å². The van der Waals surface area contributed by atoms with Crippen molar-refractivity contribution in [2.45, 2.75) is 0 Å². The van der Waals surface area contributed by atoms with E-state index in [-0.39, 0.29) is 0 Å². The minimum atomic E-state index is -1.26. The van der Waals surface area contributed by atoms with E-state index < -0.39 is 148 Å². The third-order valence-corrected chi connectivity index (χ3v) is 9.33. The van der Waals surface area contributed by atoms with Crippen molar-refractivity contribution < 1.29 is 0 Å². The maximum absolute atomic E-state index is 6.77. The van der Waals surface area contributed by atoms with Gasteiger partial charge in [0, 0.05) is 0 Å². The van der Waals surface area contributed by atoms with Crippen molar-refractivity contribution in [1.29, 1.82) is 0 Å². The minimum Gasteiger partial charge on any atom is -0.158 e. The fourth-order valence-electron chi connectivity index (χ4n) is 7.70. The van der Waals surface area contributed by atoms with Crippen LogP contribution in [0.15, 0.2) is 0 Å². The summed E-state index contributed by atoms with van der Waals surface area (Å²) in [5, 5.41) is 0. The summed E-state index contributed by atoms with van der Waals surface area (Å²) >= 11 is 0. The third-order valence-electron chi connectivity index (χ3n) is 9.33. The first-order valence-electron chi connectivity index (χ1n) is 15.0. The van der Waals surface area contributed by atoms with Crippen LogP contribution < -0.4 is 0 Å². The van der Waals surface area contributed by atoms with Gasteiger partial charge in [0.25, 0.3) is 0 Å². The van der Waals surface area contributed by atoms with Crippen molar-refractivity contribution in [3.8, 4) is 0 Å². The van der Waals surface area contributed by atoms with Gasteiger partial charge < -0.3 is 0 Å². The van der Waals surface area contributed by atoms with E-state index in [9.17, 15) is 0 Å². The molecule has 0 spiro atoms. The van der Waals surface area contributed by atoms with Crippen LogP contribution in [-0.4, -0.2) is 333 Å². The lowest BCUT2D eigenvalue weighted by Crippen LogP contribution is -2.94. The molecule has 0 bridgehead atoms. The summed E-state index contributed by atoms with van der Waals surface area (Å²) in [5.41, 5.74) is 0. The molecule has 0 rings (SSSR count). The summed E-state index contributed by atoms with van der Waals surface area (Å²) in [6.45, 7) is 0. The molecule has 0 aliphatic heterocycles. The molecule has 0 aromatic heterocycles. The molecule has 0 amide bonds. The quantitative estimate of drug-likeness (QED) is 0.127. The minimum absolute atomic E-state index is 0.456. The van der Waals surface area contributed by atoms with Crippen LogP contribution in [0.3, 0.4) is 0 Å². The molecular weight excluding hydrogens is 508 g/mol. The first-order valence-corrected chi connectivity index (χ1v) is 15.0. The summed E-state index contributed by atoms with van der Waals surface area (Å²) in [4.78, 5) is 0. The third kappa shape index (κ3) is 13.7. The van der Waals surface area contributed by atoms with Gasteiger partial charge in [-0.1, -0.05) is 7.74 Å². The SMILES string of the molecule is [B]B([B])B(B([B])[B])B(B(B([B])[B])B([B])[B])B(B(B(B([B])[B])B([B])[B])B(B([B])[B])B([B])[B])B(B(B([B])[B])B([B])[B])B(B([B])[B])B([B])[B][BH3-]. The Labute approximate surface area is 330 Å². The fraction of sp³-hybridized carbons (Fsp3) is 0. The molecule has 0 nitrogen and oxygen atoms in total. The predicted octanol–water partition coefficient (Wildman–Crippen LogP) is -18.7. The van der Waals surface area contributed by atoms with Gasteiger partial charge in [0.2, 0.25) is 0 Å². The molecule has 0 aromatic rings. The first kappa shape index (κ1) is 50.1. The van der Waals surface area contributed by atoms with Gasteiger partial charge in [-0.3, -0.25) is 0 Å². The highest BCUT2D eigenvalue weighted by atomic mass is 13.4. The van der Waals surface area contributed by atoms with E-state index >= 15 is 0 Å². The maximum atomic E-state index is 6.77. The first-order chi connectivity index (χ1) is 21.4. The van der Waals surface area contributed by atoms with Crippen LogP contribution in [0.25, 0.3) is 0 Å². The highest BCUT2D eigenvalue weighted by Gasteiger charge is 2.59. The van der Waals surface area contributed by atoms with Crippen LogP contribution in [0.2, 0.25) is 0 Å². The van der Waals surface area contributed by atoms with Gasteiger partial charge in [-0.25, -0.2) is 0 Å². The second-order valence-electron chi connectivity index (χ2n) is 12.7. The Morgan fingerprint density at radius 1 is 0.213 bits per heavy atom. The van der Waals surface area contributed by atoms with E-state index in [1.54, 1.807) is 0 Å². The van der Waals surface area contributed by atoms with Crippen molar-refractivity contribution in [1.82, 2.24) is 0 Å². The van der Waals surface area contributed by atoms with Crippen molar-refractivity contribution in [3.63, 3.8) is 0 Å².